The summed E-state index contributed by atoms with van der Waals surface area (Å²) in [7, 11) is 0. The van der Waals surface area contributed by atoms with E-state index < -0.39 is 65.6 Å². The zero-order chi connectivity index (χ0) is 25.1. The van der Waals surface area contributed by atoms with Crippen LogP contribution >= 0.6 is 0 Å². The Morgan fingerprint density at radius 3 is 2.33 bits per heavy atom. The van der Waals surface area contributed by atoms with Crippen molar-refractivity contribution in [3.05, 3.63) is 38.9 Å². The monoisotopic (exact) mass is 489 g/mol. The molecule has 0 amide bonds. The predicted octanol–water partition coefficient (Wildman–Crippen LogP) is 3.24. The maximum absolute atomic E-state index is 13.5. The number of alkyl halides is 6. The quantitative estimate of drug-likeness (QED) is 0.187. The van der Waals surface area contributed by atoms with E-state index >= 15 is 0 Å². The molecule has 1 aliphatic rings. The van der Waals surface area contributed by atoms with Gasteiger partial charge < -0.3 is 23.8 Å². The van der Waals surface area contributed by atoms with Crippen LogP contribution in [0.3, 0.4) is 0 Å². The highest BCUT2D eigenvalue weighted by Gasteiger charge is 2.49. The smallest absolute Gasteiger partial charge is 0.475 e. The normalized spacial score (nSPS) is 16.5. The van der Waals surface area contributed by atoms with Crippen molar-refractivity contribution < 1.29 is 64.8 Å². The topological polar surface area (TPSA) is 123 Å². The van der Waals surface area contributed by atoms with Crippen molar-refractivity contribution in [1.82, 2.24) is 0 Å². The van der Waals surface area contributed by atoms with Crippen molar-refractivity contribution in [3.63, 3.8) is 0 Å². The van der Waals surface area contributed by atoms with Crippen molar-refractivity contribution in [2.45, 2.75) is 38.8 Å². The summed E-state index contributed by atoms with van der Waals surface area (Å²) in [6.45, 7) is 0.802. The molecule has 2 rings (SSSR count). The molecule has 1 aliphatic heterocycles. The summed E-state index contributed by atoms with van der Waals surface area (Å²) in [5, 5.41) is 8.95. The molecule has 1 heterocycles. The van der Waals surface area contributed by atoms with Gasteiger partial charge in [0.15, 0.2) is 6.61 Å². The minimum Gasteiger partial charge on any atom is -0.475 e. The summed E-state index contributed by atoms with van der Waals surface area (Å²) in [6.07, 6.45) is -14.8. The van der Waals surface area contributed by atoms with E-state index in [9.17, 15) is 46.0 Å². The van der Waals surface area contributed by atoms with Crippen LogP contribution in [0.2, 0.25) is 0 Å². The first-order chi connectivity index (χ1) is 15.1. The fourth-order valence-electron chi connectivity index (χ4n) is 2.65. The maximum Gasteiger partial charge on any atom is 0.573 e. The van der Waals surface area contributed by atoms with Crippen LogP contribution in [-0.4, -0.2) is 48.6 Å². The molecule has 2 atom stereocenters. The molecular formula is C17H13F6NO9. The number of benzene rings is 1. The summed E-state index contributed by atoms with van der Waals surface area (Å²) in [5.74, 6) is -4.18. The highest BCUT2D eigenvalue weighted by Crippen LogP contribution is 2.41. The molecule has 0 spiro atoms. The first-order valence-corrected chi connectivity index (χ1v) is 8.57. The van der Waals surface area contributed by atoms with Crippen LogP contribution in [0, 0.1) is 17.0 Å². The number of fused-ring (bicyclic) bond motifs is 1. The molecule has 1 aromatic carbocycles. The third-order valence-corrected chi connectivity index (χ3v) is 3.72. The molecule has 0 fully saturated rings. The van der Waals surface area contributed by atoms with Crippen LogP contribution in [0.1, 0.15) is 18.1 Å². The van der Waals surface area contributed by atoms with E-state index in [1.807, 2.05) is 0 Å². The number of halogens is 6. The van der Waals surface area contributed by atoms with E-state index in [0.29, 0.717) is 12.1 Å². The van der Waals surface area contributed by atoms with E-state index in [-0.39, 0.29) is 11.1 Å². The van der Waals surface area contributed by atoms with Gasteiger partial charge in [0.05, 0.1) is 5.57 Å². The predicted molar refractivity (Wildman–Crippen MR) is 90.9 cm³/mol. The summed E-state index contributed by atoms with van der Waals surface area (Å²) in [5.41, 5.74) is -1.79. The largest absolute Gasteiger partial charge is 0.573 e. The lowest BCUT2D eigenvalue weighted by Gasteiger charge is -2.29. The van der Waals surface area contributed by atoms with Crippen molar-refractivity contribution in [2.24, 2.45) is 0 Å². The summed E-state index contributed by atoms with van der Waals surface area (Å²) in [4.78, 5) is 37.7. The summed E-state index contributed by atoms with van der Waals surface area (Å²) < 4.78 is 95.7. The Morgan fingerprint density at radius 2 is 1.82 bits per heavy atom. The van der Waals surface area contributed by atoms with Crippen molar-refractivity contribution in [2.75, 3.05) is 6.61 Å². The van der Waals surface area contributed by atoms with Gasteiger partial charge in [-0.3, -0.25) is 4.79 Å². The third-order valence-electron chi connectivity index (χ3n) is 3.72. The fraction of sp³-hybridized carbons (Fsp3) is 0.412. The molecule has 0 bridgehead atoms. The van der Waals surface area contributed by atoms with Gasteiger partial charge in [-0.25, -0.2) is 4.79 Å². The van der Waals surface area contributed by atoms with Gasteiger partial charge in [0.1, 0.15) is 11.5 Å². The lowest BCUT2D eigenvalue weighted by Crippen LogP contribution is -2.42. The maximum atomic E-state index is 13.5. The van der Waals surface area contributed by atoms with Gasteiger partial charge in [-0.1, -0.05) is 0 Å². The Kier molecular flexibility index (Phi) is 7.29. The van der Waals surface area contributed by atoms with Crippen LogP contribution in [0.25, 0.3) is 6.08 Å². The molecule has 0 N–H and O–H groups in total. The molecular weight excluding hydrogens is 476 g/mol. The number of aryl methyl sites for hydroxylation is 1. The molecule has 16 heteroatoms. The first-order valence-electron chi connectivity index (χ1n) is 8.57. The average molecular weight is 489 g/mol. The number of carbonyl (C=O) groups is 2. The number of nitrogens with zero attached hydrogens (tertiary/aromatic N) is 1. The van der Waals surface area contributed by atoms with Crippen molar-refractivity contribution in [1.29, 1.82) is 0 Å². The van der Waals surface area contributed by atoms with Crippen molar-refractivity contribution >= 4 is 18.0 Å². The number of rotatable bonds is 7. The summed E-state index contributed by atoms with van der Waals surface area (Å²) in [6, 6.07) is 1.46. The molecule has 0 saturated heterocycles. The van der Waals surface area contributed by atoms with Crippen LogP contribution < -0.4 is 9.47 Å². The third kappa shape index (κ3) is 7.15. The molecule has 2 unspecified atom stereocenters. The number of carbonyl (C=O) groups excluding carboxylic acids is 2. The van der Waals surface area contributed by atoms with Gasteiger partial charge in [-0.15, -0.1) is 23.3 Å². The molecule has 1 aromatic rings. The second-order valence-electron chi connectivity index (χ2n) is 6.31. The molecule has 0 aliphatic carbocycles. The van der Waals surface area contributed by atoms with Crippen LogP contribution in [0.15, 0.2) is 17.7 Å². The SMILES string of the molecule is CC(=O)OC(CO[N+](=O)[O-])OC(=O)C1=Cc2cc(OC(F)(F)F)cc(C)c2OC1C(F)(F)F. The fourth-order valence-corrected chi connectivity index (χ4v) is 2.65. The Morgan fingerprint density at radius 1 is 1.18 bits per heavy atom. The van der Waals surface area contributed by atoms with Gasteiger partial charge in [0.2, 0.25) is 6.10 Å². The lowest BCUT2D eigenvalue weighted by molar-refractivity contribution is -0.760. The molecule has 0 saturated carbocycles. The van der Waals surface area contributed by atoms with Gasteiger partial charge in [-0.05, 0) is 30.7 Å². The average Bonchev–Trinajstić information content (AvgIpc) is 2.62. The zero-order valence-corrected chi connectivity index (χ0v) is 16.5. The van der Waals surface area contributed by atoms with Crippen LogP contribution in [0.5, 0.6) is 11.5 Å². The molecule has 182 valence electrons. The molecule has 0 aromatic heterocycles. The zero-order valence-electron chi connectivity index (χ0n) is 16.5. The molecule has 33 heavy (non-hydrogen) atoms. The first kappa shape index (κ1) is 25.5. The van der Waals surface area contributed by atoms with E-state index in [4.69, 9.17) is 4.74 Å². The van der Waals surface area contributed by atoms with Crippen molar-refractivity contribution in [3.8, 4) is 11.5 Å². The number of ether oxygens (including phenoxy) is 4. The van der Waals surface area contributed by atoms with Gasteiger partial charge in [0, 0.05) is 12.5 Å². The highest BCUT2D eigenvalue weighted by molar-refractivity contribution is 5.96. The van der Waals surface area contributed by atoms with E-state index in [1.54, 1.807) is 0 Å². The van der Waals surface area contributed by atoms with E-state index in [0.717, 1.165) is 19.9 Å². The second-order valence-corrected chi connectivity index (χ2v) is 6.31. The number of hydrogen-bond donors (Lipinski definition) is 0. The minimum absolute atomic E-state index is 0.165. The van der Waals surface area contributed by atoms with Gasteiger partial charge in [0.25, 0.3) is 11.4 Å². The molecule has 0 radical (unpaired) electrons. The molecule has 10 nitrogen and oxygen atoms in total. The number of esters is 2. The Hall–Kier alpha value is -3.72. The van der Waals surface area contributed by atoms with Gasteiger partial charge in [-0.2, -0.15) is 13.2 Å². The second kappa shape index (κ2) is 9.41. The Balaban J connectivity index is 2.44. The number of hydrogen-bond acceptors (Lipinski definition) is 9. The van der Waals surface area contributed by atoms with Crippen LogP contribution in [0.4, 0.5) is 26.3 Å². The Labute approximate surface area is 179 Å². The van der Waals surface area contributed by atoms with Crippen LogP contribution in [-0.2, 0) is 23.9 Å². The standard InChI is InChI=1S/C17H13F6NO9/c1-7-3-10(33-17(21,22)23)4-9-5-11(14(16(18,19)20)32-13(7)9)15(26)31-12(30-8(2)25)6-29-24(27)28/h3-5,12,14H,6H2,1-2H3. The minimum atomic E-state index is -5.19. The van der Waals surface area contributed by atoms with Gasteiger partial charge >= 0.3 is 24.5 Å². The van der Waals surface area contributed by atoms with E-state index in [2.05, 4.69) is 19.0 Å². The Bertz CT molecular complexity index is 973. The van der Waals surface area contributed by atoms with E-state index in [1.165, 1.54) is 0 Å². The summed E-state index contributed by atoms with van der Waals surface area (Å²) >= 11 is 0. The lowest BCUT2D eigenvalue weighted by atomic mass is 9.99. The highest BCUT2D eigenvalue weighted by atomic mass is 19.4.